The van der Waals surface area contributed by atoms with Gasteiger partial charge in [0.1, 0.15) is 11.4 Å². The first-order chi connectivity index (χ1) is 8.11. The second-order valence-electron chi connectivity index (χ2n) is 4.59. The summed E-state index contributed by atoms with van der Waals surface area (Å²) < 4.78 is 13.2. The zero-order valence-corrected chi connectivity index (χ0v) is 10.4. The van der Waals surface area contributed by atoms with Crippen LogP contribution in [0.1, 0.15) is 28.0 Å². The van der Waals surface area contributed by atoms with Crippen LogP contribution in [0.5, 0.6) is 0 Å². The van der Waals surface area contributed by atoms with Gasteiger partial charge in [0.05, 0.1) is 0 Å². The van der Waals surface area contributed by atoms with Gasteiger partial charge in [-0.25, -0.2) is 4.39 Å². The lowest BCUT2D eigenvalue weighted by molar-refractivity contribution is 0.0862. The molecule has 0 amide bonds. The molecule has 1 aliphatic carbocycles. The average molecular weight is 248 g/mol. The molecule has 88 valence electrons. The van der Waals surface area contributed by atoms with E-state index >= 15 is 0 Å². The quantitative estimate of drug-likeness (QED) is 0.820. The Balaban J connectivity index is 2.17. The Bertz CT molecular complexity index is 575. The number of fused-ring (bicyclic) bond motifs is 1. The standard InChI is InChI=1S/C14H13FOS/c1-9-5-7-17-13(9)14(16)6-4-10-8-11(15)2-3-12(10)14/h2-3,5,7-8,16H,4,6H2,1H3. The molecule has 1 nitrogen and oxygen atoms in total. The van der Waals surface area contributed by atoms with Crippen LogP contribution in [0.15, 0.2) is 29.6 Å². The van der Waals surface area contributed by atoms with Gasteiger partial charge in [-0.3, -0.25) is 0 Å². The van der Waals surface area contributed by atoms with Crippen LogP contribution in [0.2, 0.25) is 0 Å². The highest BCUT2D eigenvalue weighted by Gasteiger charge is 2.40. The summed E-state index contributed by atoms with van der Waals surface area (Å²) in [5.41, 5.74) is 1.99. The molecule has 17 heavy (non-hydrogen) atoms. The molecule has 1 atom stereocenters. The van der Waals surface area contributed by atoms with Gasteiger partial charge in [-0.2, -0.15) is 0 Å². The summed E-state index contributed by atoms with van der Waals surface area (Å²) in [6.07, 6.45) is 1.38. The van der Waals surface area contributed by atoms with Gasteiger partial charge in [0, 0.05) is 4.88 Å². The number of rotatable bonds is 1. The number of halogens is 1. The molecule has 0 fully saturated rings. The second-order valence-corrected chi connectivity index (χ2v) is 5.51. The van der Waals surface area contributed by atoms with Gasteiger partial charge in [0.2, 0.25) is 0 Å². The van der Waals surface area contributed by atoms with E-state index in [0.717, 1.165) is 28.0 Å². The third-order valence-corrected chi connectivity index (χ3v) is 4.67. The average Bonchev–Trinajstić information content (AvgIpc) is 2.85. The van der Waals surface area contributed by atoms with E-state index in [4.69, 9.17) is 0 Å². The third-order valence-electron chi connectivity index (χ3n) is 3.51. The van der Waals surface area contributed by atoms with Crippen LogP contribution in [0.25, 0.3) is 0 Å². The van der Waals surface area contributed by atoms with Crippen LogP contribution in [-0.2, 0) is 12.0 Å². The van der Waals surface area contributed by atoms with Crippen LogP contribution >= 0.6 is 11.3 Å². The van der Waals surface area contributed by atoms with Gasteiger partial charge in [-0.1, -0.05) is 6.07 Å². The van der Waals surface area contributed by atoms with Crippen molar-refractivity contribution < 1.29 is 9.50 Å². The van der Waals surface area contributed by atoms with Crippen molar-refractivity contribution in [2.45, 2.75) is 25.4 Å². The molecule has 0 aliphatic heterocycles. The number of benzene rings is 1. The smallest absolute Gasteiger partial charge is 0.125 e. The monoisotopic (exact) mass is 248 g/mol. The summed E-state index contributed by atoms with van der Waals surface area (Å²) in [5.74, 6) is -0.226. The molecule has 1 heterocycles. The summed E-state index contributed by atoms with van der Waals surface area (Å²) in [6, 6.07) is 6.70. The predicted octanol–water partition coefficient (Wildman–Crippen LogP) is 3.38. The summed E-state index contributed by atoms with van der Waals surface area (Å²) in [4.78, 5) is 0.989. The molecule has 0 radical (unpaired) electrons. The van der Waals surface area contributed by atoms with Gasteiger partial charge < -0.3 is 5.11 Å². The lowest BCUT2D eigenvalue weighted by Crippen LogP contribution is -2.23. The van der Waals surface area contributed by atoms with Crippen molar-refractivity contribution >= 4 is 11.3 Å². The summed E-state index contributed by atoms with van der Waals surface area (Å²) in [5, 5.41) is 12.9. The lowest BCUT2D eigenvalue weighted by atomic mass is 9.92. The van der Waals surface area contributed by atoms with Crippen molar-refractivity contribution in [2.75, 3.05) is 0 Å². The molecule has 3 heteroatoms. The van der Waals surface area contributed by atoms with Gasteiger partial charge in [0.25, 0.3) is 0 Å². The van der Waals surface area contributed by atoms with E-state index in [2.05, 4.69) is 0 Å². The van der Waals surface area contributed by atoms with Gasteiger partial charge in [-0.05, 0) is 60.0 Å². The van der Waals surface area contributed by atoms with E-state index < -0.39 is 5.60 Å². The van der Waals surface area contributed by atoms with E-state index in [0.29, 0.717) is 6.42 Å². The Morgan fingerprint density at radius 2 is 2.18 bits per heavy atom. The summed E-state index contributed by atoms with van der Waals surface area (Å²) in [6.45, 7) is 2.01. The highest BCUT2D eigenvalue weighted by Crippen LogP contribution is 2.45. The first-order valence-electron chi connectivity index (χ1n) is 5.67. The third kappa shape index (κ3) is 1.53. The molecule has 0 saturated carbocycles. The van der Waals surface area contributed by atoms with Crippen molar-refractivity contribution in [2.24, 2.45) is 0 Å². The maximum atomic E-state index is 13.2. The molecule has 1 aromatic carbocycles. The largest absolute Gasteiger partial charge is 0.380 e. The second kappa shape index (κ2) is 3.65. The van der Waals surface area contributed by atoms with Crippen LogP contribution in [0.3, 0.4) is 0 Å². The minimum absolute atomic E-state index is 0.226. The number of aryl methyl sites for hydroxylation is 2. The molecule has 0 spiro atoms. The predicted molar refractivity (Wildman–Crippen MR) is 66.8 cm³/mol. The van der Waals surface area contributed by atoms with Crippen LogP contribution in [-0.4, -0.2) is 5.11 Å². The molecular weight excluding hydrogens is 235 g/mol. The van der Waals surface area contributed by atoms with Crippen molar-refractivity contribution in [3.05, 3.63) is 57.0 Å². The molecule has 1 aromatic heterocycles. The molecular formula is C14H13FOS. The fourth-order valence-electron chi connectivity index (χ4n) is 2.66. The summed E-state index contributed by atoms with van der Waals surface area (Å²) in [7, 11) is 0. The highest BCUT2D eigenvalue weighted by molar-refractivity contribution is 7.10. The van der Waals surface area contributed by atoms with Crippen molar-refractivity contribution in [3.8, 4) is 0 Å². The van der Waals surface area contributed by atoms with E-state index in [1.165, 1.54) is 12.1 Å². The van der Waals surface area contributed by atoms with E-state index in [1.807, 2.05) is 18.4 Å². The fourth-order valence-corrected chi connectivity index (χ4v) is 3.72. The number of hydrogen-bond donors (Lipinski definition) is 1. The van der Waals surface area contributed by atoms with Gasteiger partial charge >= 0.3 is 0 Å². The van der Waals surface area contributed by atoms with Crippen molar-refractivity contribution in [1.29, 1.82) is 0 Å². The Hall–Kier alpha value is -1.19. The number of hydrogen-bond acceptors (Lipinski definition) is 2. The minimum Gasteiger partial charge on any atom is -0.380 e. The van der Waals surface area contributed by atoms with Crippen molar-refractivity contribution in [3.63, 3.8) is 0 Å². The Labute approximate surface area is 104 Å². The van der Waals surface area contributed by atoms with Crippen LogP contribution in [0, 0.1) is 12.7 Å². The van der Waals surface area contributed by atoms with Crippen LogP contribution < -0.4 is 0 Å². The molecule has 1 N–H and O–H groups in total. The highest BCUT2D eigenvalue weighted by atomic mass is 32.1. The van der Waals surface area contributed by atoms with Gasteiger partial charge in [-0.15, -0.1) is 11.3 Å². The SMILES string of the molecule is Cc1ccsc1C1(O)CCc2cc(F)ccc21. The fraction of sp³-hybridized carbons (Fsp3) is 0.286. The molecule has 1 unspecified atom stereocenters. The molecule has 0 saturated heterocycles. The Morgan fingerprint density at radius 3 is 2.88 bits per heavy atom. The molecule has 0 bridgehead atoms. The normalized spacial score (nSPS) is 22.8. The van der Waals surface area contributed by atoms with Crippen molar-refractivity contribution in [1.82, 2.24) is 0 Å². The maximum absolute atomic E-state index is 13.2. The zero-order chi connectivity index (χ0) is 12.0. The minimum atomic E-state index is -0.915. The Morgan fingerprint density at radius 1 is 1.35 bits per heavy atom. The lowest BCUT2D eigenvalue weighted by Gasteiger charge is -2.23. The summed E-state index contributed by atoms with van der Waals surface area (Å²) >= 11 is 1.57. The van der Waals surface area contributed by atoms with E-state index in [1.54, 1.807) is 17.4 Å². The van der Waals surface area contributed by atoms with Crippen LogP contribution in [0.4, 0.5) is 4.39 Å². The molecule has 1 aliphatic rings. The zero-order valence-electron chi connectivity index (χ0n) is 9.53. The van der Waals surface area contributed by atoms with Gasteiger partial charge in [0.15, 0.2) is 0 Å². The Kier molecular flexibility index (Phi) is 2.35. The molecule has 3 rings (SSSR count). The van der Waals surface area contributed by atoms with E-state index in [9.17, 15) is 9.50 Å². The number of aliphatic hydroxyl groups is 1. The first-order valence-corrected chi connectivity index (χ1v) is 6.55. The first kappa shape index (κ1) is 10.9. The molecule has 2 aromatic rings. The topological polar surface area (TPSA) is 20.2 Å². The maximum Gasteiger partial charge on any atom is 0.125 e. The number of thiophene rings is 1. The van der Waals surface area contributed by atoms with E-state index in [-0.39, 0.29) is 5.82 Å².